The minimum Gasteiger partial charge on any atom is -0.466 e. The summed E-state index contributed by atoms with van der Waals surface area (Å²) in [6, 6.07) is 15.3. The number of thioether (sulfide) groups is 1. The fourth-order valence-electron chi connectivity index (χ4n) is 3.04. The Hall–Kier alpha value is -3.06. The SMILES string of the molecule is CCOC(=O)CC1=CC(S[C@@H](CC)C(=O)Nc2ccc(C)cc2)=Nc2ccccc2N1. The molecule has 1 heterocycles. The first-order valence-corrected chi connectivity index (χ1v) is 11.2. The molecule has 2 aromatic carbocycles. The molecule has 0 aromatic heterocycles. The van der Waals surface area contributed by atoms with Gasteiger partial charge in [0.15, 0.2) is 0 Å². The number of carbonyl (C=O) groups excluding carboxylic acids is 2. The molecule has 0 spiro atoms. The average Bonchev–Trinajstić information content (AvgIpc) is 2.92. The van der Waals surface area contributed by atoms with E-state index in [0.717, 1.165) is 22.6 Å². The second kappa shape index (κ2) is 10.8. The zero-order chi connectivity index (χ0) is 22.2. The number of anilines is 2. The van der Waals surface area contributed by atoms with Gasteiger partial charge in [-0.25, -0.2) is 4.99 Å². The number of amides is 1. The van der Waals surface area contributed by atoms with Crippen molar-refractivity contribution in [3.8, 4) is 0 Å². The minimum absolute atomic E-state index is 0.0788. The van der Waals surface area contributed by atoms with Crippen LogP contribution in [0.15, 0.2) is 65.3 Å². The monoisotopic (exact) mass is 437 g/mol. The highest BCUT2D eigenvalue weighted by atomic mass is 32.2. The summed E-state index contributed by atoms with van der Waals surface area (Å²) in [5, 5.41) is 6.60. The molecule has 0 bridgehead atoms. The van der Waals surface area contributed by atoms with Crippen LogP contribution in [-0.2, 0) is 14.3 Å². The number of aryl methyl sites for hydroxylation is 1. The molecule has 1 aliphatic heterocycles. The average molecular weight is 438 g/mol. The molecule has 0 aliphatic carbocycles. The lowest BCUT2D eigenvalue weighted by molar-refractivity contribution is -0.142. The van der Waals surface area contributed by atoms with E-state index in [-0.39, 0.29) is 23.5 Å². The first-order valence-electron chi connectivity index (χ1n) is 10.3. The Morgan fingerprint density at radius 1 is 1.13 bits per heavy atom. The molecule has 7 heteroatoms. The number of rotatable bonds is 7. The smallest absolute Gasteiger partial charge is 0.311 e. The van der Waals surface area contributed by atoms with E-state index in [4.69, 9.17) is 9.73 Å². The molecular weight excluding hydrogens is 410 g/mol. The van der Waals surface area contributed by atoms with Crippen LogP contribution in [0.3, 0.4) is 0 Å². The van der Waals surface area contributed by atoms with Gasteiger partial charge in [-0.2, -0.15) is 0 Å². The van der Waals surface area contributed by atoms with Crippen molar-refractivity contribution >= 4 is 45.7 Å². The van der Waals surface area contributed by atoms with E-state index in [0.29, 0.717) is 23.8 Å². The molecule has 3 rings (SSSR count). The van der Waals surface area contributed by atoms with Gasteiger partial charge in [0.05, 0.1) is 34.7 Å². The van der Waals surface area contributed by atoms with Gasteiger partial charge >= 0.3 is 5.97 Å². The van der Waals surface area contributed by atoms with Crippen LogP contribution in [0.2, 0.25) is 0 Å². The van der Waals surface area contributed by atoms with Crippen molar-refractivity contribution in [2.24, 2.45) is 4.99 Å². The fourth-order valence-corrected chi connectivity index (χ4v) is 4.02. The van der Waals surface area contributed by atoms with Gasteiger partial charge in [-0.1, -0.05) is 48.5 Å². The van der Waals surface area contributed by atoms with Crippen LogP contribution in [0, 0.1) is 6.92 Å². The number of ether oxygens (including phenoxy) is 1. The Kier molecular flexibility index (Phi) is 7.89. The number of benzene rings is 2. The van der Waals surface area contributed by atoms with Crippen molar-refractivity contribution in [2.45, 2.75) is 38.9 Å². The Bertz CT molecular complexity index is 999. The molecule has 1 aliphatic rings. The third-order valence-corrected chi connectivity index (χ3v) is 5.90. The van der Waals surface area contributed by atoms with Crippen molar-refractivity contribution in [3.63, 3.8) is 0 Å². The second-order valence-electron chi connectivity index (χ2n) is 7.11. The van der Waals surface area contributed by atoms with Crippen molar-refractivity contribution < 1.29 is 14.3 Å². The minimum atomic E-state index is -0.328. The van der Waals surface area contributed by atoms with E-state index >= 15 is 0 Å². The van der Waals surface area contributed by atoms with Gasteiger partial charge in [0, 0.05) is 11.4 Å². The Balaban J connectivity index is 1.80. The van der Waals surface area contributed by atoms with Gasteiger partial charge < -0.3 is 15.4 Å². The van der Waals surface area contributed by atoms with Gasteiger partial charge in [-0.15, -0.1) is 0 Å². The van der Waals surface area contributed by atoms with Crippen LogP contribution in [0.25, 0.3) is 0 Å². The predicted octanol–water partition coefficient (Wildman–Crippen LogP) is 5.44. The first kappa shape index (κ1) is 22.6. The number of nitrogens with zero attached hydrogens (tertiary/aromatic N) is 1. The Morgan fingerprint density at radius 3 is 2.58 bits per heavy atom. The van der Waals surface area contributed by atoms with Crippen molar-refractivity contribution in [3.05, 3.63) is 65.9 Å². The maximum absolute atomic E-state index is 12.9. The second-order valence-corrected chi connectivity index (χ2v) is 8.34. The standard InChI is InChI=1S/C24H27N3O3S/c1-4-21(24(29)26-17-12-10-16(3)11-13-17)31-22-14-18(15-23(28)30-5-2)25-19-8-6-7-9-20(19)27-22/h6-14,21,25H,4-5,15H2,1-3H3,(H,26,29)/t21-/m0/s1. The lowest BCUT2D eigenvalue weighted by Crippen LogP contribution is -2.25. The molecule has 0 radical (unpaired) electrons. The van der Waals surface area contributed by atoms with Crippen molar-refractivity contribution in [1.82, 2.24) is 0 Å². The molecule has 2 N–H and O–H groups in total. The zero-order valence-electron chi connectivity index (χ0n) is 18.0. The highest BCUT2D eigenvalue weighted by Gasteiger charge is 2.22. The molecule has 0 unspecified atom stereocenters. The summed E-state index contributed by atoms with van der Waals surface area (Å²) in [6.07, 6.45) is 2.56. The van der Waals surface area contributed by atoms with E-state index in [2.05, 4.69) is 10.6 Å². The van der Waals surface area contributed by atoms with E-state index in [1.807, 2.05) is 68.5 Å². The summed E-state index contributed by atoms with van der Waals surface area (Å²) in [5.41, 5.74) is 4.16. The maximum atomic E-state index is 12.9. The van der Waals surface area contributed by atoms with Crippen LogP contribution >= 0.6 is 11.8 Å². The van der Waals surface area contributed by atoms with E-state index in [1.54, 1.807) is 6.92 Å². The molecule has 2 aromatic rings. The summed E-state index contributed by atoms with van der Waals surface area (Å²) in [6.45, 7) is 6.09. The van der Waals surface area contributed by atoms with E-state index in [1.165, 1.54) is 11.8 Å². The highest BCUT2D eigenvalue weighted by molar-refractivity contribution is 8.15. The summed E-state index contributed by atoms with van der Waals surface area (Å²) < 4.78 is 5.09. The summed E-state index contributed by atoms with van der Waals surface area (Å²) in [4.78, 5) is 29.7. The molecule has 0 saturated heterocycles. The maximum Gasteiger partial charge on any atom is 0.311 e. The van der Waals surface area contributed by atoms with Gasteiger partial charge in [0.2, 0.25) is 5.91 Å². The van der Waals surface area contributed by atoms with Crippen LogP contribution in [0.4, 0.5) is 17.1 Å². The largest absolute Gasteiger partial charge is 0.466 e. The molecule has 6 nitrogen and oxygen atoms in total. The van der Waals surface area contributed by atoms with Crippen molar-refractivity contribution in [1.29, 1.82) is 0 Å². The molecular formula is C24H27N3O3S. The zero-order valence-corrected chi connectivity index (χ0v) is 18.8. The highest BCUT2D eigenvalue weighted by Crippen LogP contribution is 2.32. The molecule has 1 amide bonds. The third-order valence-electron chi connectivity index (χ3n) is 4.61. The number of hydrogen-bond acceptors (Lipinski definition) is 6. The normalized spacial score (nSPS) is 13.6. The number of carbonyl (C=O) groups is 2. The number of para-hydroxylation sites is 2. The lowest BCUT2D eigenvalue weighted by Gasteiger charge is -2.15. The lowest BCUT2D eigenvalue weighted by atomic mass is 10.2. The Labute approximate surface area is 187 Å². The first-order chi connectivity index (χ1) is 15.0. The quantitative estimate of drug-likeness (QED) is 0.564. The van der Waals surface area contributed by atoms with Crippen molar-refractivity contribution in [2.75, 3.05) is 17.2 Å². The predicted molar refractivity (Wildman–Crippen MR) is 128 cm³/mol. The Morgan fingerprint density at radius 2 is 1.87 bits per heavy atom. The molecule has 1 atom stereocenters. The molecule has 31 heavy (non-hydrogen) atoms. The number of fused-ring (bicyclic) bond motifs is 1. The van der Waals surface area contributed by atoms with Crippen LogP contribution < -0.4 is 10.6 Å². The topological polar surface area (TPSA) is 79.8 Å². The number of hydrogen-bond donors (Lipinski definition) is 2. The van der Waals surface area contributed by atoms with Gasteiger partial charge in [-0.3, -0.25) is 9.59 Å². The van der Waals surface area contributed by atoms with Gasteiger partial charge in [0.25, 0.3) is 0 Å². The summed E-state index contributed by atoms with van der Waals surface area (Å²) in [7, 11) is 0. The number of nitrogens with one attached hydrogen (secondary N) is 2. The van der Waals surface area contributed by atoms with Gasteiger partial charge in [-0.05, 0) is 50.6 Å². The van der Waals surface area contributed by atoms with E-state index in [9.17, 15) is 9.59 Å². The number of aliphatic imine (C=N–C) groups is 1. The number of esters is 1. The van der Waals surface area contributed by atoms with Crippen LogP contribution in [-0.4, -0.2) is 28.8 Å². The fraction of sp³-hybridized carbons (Fsp3) is 0.292. The van der Waals surface area contributed by atoms with Crippen LogP contribution in [0.5, 0.6) is 0 Å². The molecule has 0 fully saturated rings. The molecule has 162 valence electrons. The summed E-state index contributed by atoms with van der Waals surface area (Å²) >= 11 is 1.39. The molecule has 0 saturated carbocycles. The van der Waals surface area contributed by atoms with E-state index < -0.39 is 0 Å². The third kappa shape index (κ3) is 6.46. The van der Waals surface area contributed by atoms with Gasteiger partial charge in [0.1, 0.15) is 0 Å². The summed E-state index contributed by atoms with van der Waals surface area (Å²) in [5.74, 6) is -0.390. The van der Waals surface area contributed by atoms with Crippen LogP contribution in [0.1, 0.15) is 32.3 Å².